The molecule has 0 saturated carbocycles. The molecule has 0 aliphatic rings. The lowest BCUT2D eigenvalue weighted by atomic mass is 10.00. The predicted molar refractivity (Wildman–Crippen MR) is 72.8 cm³/mol. The van der Waals surface area contributed by atoms with E-state index in [2.05, 4.69) is 59.7 Å². The molecule has 1 rings (SSSR count). The molecule has 86 valence electrons. The van der Waals surface area contributed by atoms with Crippen LogP contribution in [0.1, 0.15) is 45.6 Å². The second-order valence-electron chi connectivity index (χ2n) is 5.04. The van der Waals surface area contributed by atoms with Crippen LogP contribution in [0.3, 0.4) is 0 Å². The molecule has 1 unspecified atom stereocenters. The highest BCUT2D eigenvalue weighted by Gasteiger charge is 2.12. The van der Waals surface area contributed by atoms with Gasteiger partial charge in [0, 0.05) is 15.4 Å². The molecule has 3 heteroatoms. The Morgan fingerprint density at radius 2 is 2.07 bits per heavy atom. The number of hydrogen-bond donors (Lipinski definition) is 1. The van der Waals surface area contributed by atoms with Crippen molar-refractivity contribution in [2.45, 2.75) is 45.6 Å². The Morgan fingerprint density at radius 1 is 1.40 bits per heavy atom. The number of halogens is 1. The second-order valence-corrected chi connectivity index (χ2v) is 6.64. The van der Waals surface area contributed by atoms with E-state index in [9.17, 15) is 0 Å². The molecule has 0 bridgehead atoms. The first-order valence-electron chi connectivity index (χ1n) is 5.37. The molecule has 15 heavy (non-hydrogen) atoms. The molecule has 0 radical (unpaired) electrons. The molecule has 0 aliphatic carbocycles. The molecule has 1 N–H and O–H groups in total. The van der Waals surface area contributed by atoms with Gasteiger partial charge in [0.05, 0.1) is 0 Å². The summed E-state index contributed by atoms with van der Waals surface area (Å²) in [6.07, 6.45) is 1.19. The number of nitrogens with one attached hydrogen (secondary N) is 1. The van der Waals surface area contributed by atoms with Gasteiger partial charge in [-0.15, -0.1) is 0 Å². The molecule has 1 aromatic rings. The normalized spacial score (nSPS) is 14.2. The van der Waals surface area contributed by atoms with Crippen LogP contribution in [0.5, 0.6) is 0 Å². The number of rotatable bonds is 4. The van der Waals surface area contributed by atoms with Gasteiger partial charge >= 0.3 is 0 Å². The highest BCUT2D eigenvalue weighted by Crippen LogP contribution is 2.30. The highest BCUT2D eigenvalue weighted by atomic mass is 79.9. The van der Waals surface area contributed by atoms with E-state index in [0.717, 1.165) is 6.54 Å². The van der Waals surface area contributed by atoms with Crippen LogP contribution in [0.2, 0.25) is 0 Å². The third kappa shape index (κ3) is 4.66. The van der Waals surface area contributed by atoms with Crippen LogP contribution < -0.4 is 5.32 Å². The SMILES string of the molecule is CC(CCNC(C)(C)C)c1cscc1Br. The van der Waals surface area contributed by atoms with Gasteiger partial charge < -0.3 is 5.32 Å². The van der Waals surface area contributed by atoms with Crippen LogP contribution in [-0.2, 0) is 0 Å². The van der Waals surface area contributed by atoms with Gasteiger partial charge in [-0.05, 0) is 66.5 Å². The van der Waals surface area contributed by atoms with E-state index in [1.165, 1.54) is 16.5 Å². The molecule has 1 heterocycles. The van der Waals surface area contributed by atoms with Crippen LogP contribution in [-0.4, -0.2) is 12.1 Å². The van der Waals surface area contributed by atoms with E-state index >= 15 is 0 Å². The van der Waals surface area contributed by atoms with Crippen LogP contribution in [0, 0.1) is 0 Å². The summed E-state index contributed by atoms with van der Waals surface area (Å²) in [6.45, 7) is 9.98. The van der Waals surface area contributed by atoms with Crippen molar-refractivity contribution in [3.05, 3.63) is 20.8 Å². The fraction of sp³-hybridized carbons (Fsp3) is 0.667. The second kappa shape index (κ2) is 5.46. The summed E-state index contributed by atoms with van der Waals surface area (Å²) < 4.78 is 1.26. The lowest BCUT2D eigenvalue weighted by Gasteiger charge is -2.21. The van der Waals surface area contributed by atoms with Crippen molar-refractivity contribution in [1.29, 1.82) is 0 Å². The van der Waals surface area contributed by atoms with Crippen molar-refractivity contribution in [2.24, 2.45) is 0 Å². The molecule has 0 fully saturated rings. The van der Waals surface area contributed by atoms with E-state index in [1.54, 1.807) is 11.3 Å². The van der Waals surface area contributed by atoms with Crippen LogP contribution in [0.15, 0.2) is 15.2 Å². The zero-order chi connectivity index (χ0) is 11.5. The molecule has 1 nitrogen and oxygen atoms in total. The Morgan fingerprint density at radius 3 is 2.53 bits per heavy atom. The molecule has 0 amide bonds. The topological polar surface area (TPSA) is 12.0 Å². The van der Waals surface area contributed by atoms with Gasteiger partial charge in [-0.3, -0.25) is 0 Å². The average molecular weight is 290 g/mol. The van der Waals surface area contributed by atoms with Gasteiger partial charge in [0.2, 0.25) is 0 Å². The smallest absolute Gasteiger partial charge is 0.0317 e. The van der Waals surface area contributed by atoms with E-state index in [4.69, 9.17) is 0 Å². The quantitative estimate of drug-likeness (QED) is 0.867. The third-order valence-electron chi connectivity index (χ3n) is 2.41. The van der Waals surface area contributed by atoms with Crippen LogP contribution in [0.4, 0.5) is 0 Å². The van der Waals surface area contributed by atoms with E-state index < -0.39 is 0 Å². The molecule has 1 aromatic heterocycles. The zero-order valence-corrected chi connectivity index (χ0v) is 12.3. The molecule has 0 aromatic carbocycles. The lowest BCUT2D eigenvalue weighted by molar-refractivity contribution is 0.413. The van der Waals surface area contributed by atoms with Crippen molar-refractivity contribution in [3.8, 4) is 0 Å². The first kappa shape index (κ1) is 13.2. The van der Waals surface area contributed by atoms with E-state index in [1.807, 2.05) is 0 Å². The summed E-state index contributed by atoms with van der Waals surface area (Å²) in [5, 5.41) is 7.92. The molecule has 0 aliphatic heterocycles. The van der Waals surface area contributed by atoms with Gasteiger partial charge in [0.1, 0.15) is 0 Å². The lowest BCUT2D eigenvalue weighted by Crippen LogP contribution is -2.36. The summed E-state index contributed by atoms with van der Waals surface area (Å²) in [6, 6.07) is 0. The van der Waals surface area contributed by atoms with Gasteiger partial charge in [-0.1, -0.05) is 6.92 Å². The number of thiophene rings is 1. The van der Waals surface area contributed by atoms with Gasteiger partial charge in [-0.2, -0.15) is 11.3 Å². The summed E-state index contributed by atoms with van der Waals surface area (Å²) >= 11 is 5.35. The Balaban J connectivity index is 2.37. The Bertz CT molecular complexity index is 301. The Kier molecular flexibility index (Phi) is 4.81. The summed E-state index contributed by atoms with van der Waals surface area (Å²) in [4.78, 5) is 0. The maximum absolute atomic E-state index is 3.59. The average Bonchev–Trinajstić information content (AvgIpc) is 2.48. The summed E-state index contributed by atoms with van der Waals surface area (Å²) in [5.74, 6) is 0.625. The summed E-state index contributed by atoms with van der Waals surface area (Å²) in [7, 11) is 0. The predicted octanol–water partition coefficient (Wildman–Crippen LogP) is 4.39. The molecular weight excluding hydrogens is 270 g/mol. The summed E-state index contributed by atoms with van der Waals surface area (Å²) in [5.41, 5.74) is 1.67. The Hall–Kier alpha value is 0.140. The molecule has 0 spiro atoms. The van der Waals surface area contributed by atoms with E-state index in [0.29, 0.717) is 5.92 Å². The molecule has 1 atom stereocenters. The van der Waals surface area contributed by atoms with Crippen LogP contribution in [0.25, 0.3) is 0 Å². The molecular formula is C12H20BrNS. The van der Waals surface area contributed by atoms with Gasteiger partial charge in [-0.25, -0.2) is 0 Å². The monoisotopic (exact) mass is 289 g/mol. The van der Waals surface area contributed by atoms with Crippen molar-refractivity contribution in [3.63, 3.8) is 0 Å². The van der Waals surface area contributed by atoms with Crippen molar-refractivity contribution in [2.75, 3.05) is 6.54 Å². The third-order valence-corrected chi connectivity index (χ3v) is 4.16. The van der Waals surface area contributed by atoms with Crippen molar-refractivity contribution >= 4 is 27.3 Å². The minimum Gasteiger partial charge on any atom is -0.312 e. The van der Waals surface area contributed by atoms with Crippen LogP contribution >= 0.6 is 27.3 Å². The van der Waals surface area contributed by atoms with Gasteiger partial charge in [0.15, 0.2) is 0 Å². The molecule has 0 saturated heterocycles. The fourth-order valence-corrected chi connectivity index (χ4v) is 3.27. The maximum atomic E-state index is 3.59. The Labute approximate surface area is 105 Å². The largest absolute Gasteiger partial charge is 0.312 e. The van der Waals surface area contributed by atoms with Gasteiger partial charge in [0.25, 0.3) is 0 Å². The first-order valence-corrected chi connectivity index (χ1v) is 7.10. The highest BCUT2D eigenvalue weighted by molar-refractivity contribution is 9.10. The zero-order valence-electron chi connectivity index (χ0n) is 9.93. The minimum absolute atomic E-state index is 0.228. The van der Waals surface area contributed by atoms with Crippen molar-refractivity contribution in [1.82, 2.24) is 5.32 Å². The van der Waals surface area contributed by atoms with Crippen molar-refractivity contribution < 1.29 is 0 Å². The first-order chi connectivity index (χ1) is 6.90. The fourth-order valence-electron chi connectivity index (χ4n) is 1.46. The number of hydrogen-bond acceptors (Lipinski definition) is 2. The maximum Gasteiger partial charge on any atom is 0.0317 e. The standard InChI is InChI=1S/C12H20BrNS/c1-9(5-6-14-12(2,3)4)10-7-15-8-11(10)13/h7-9,14H,5-6H2,1-4H3. The van der Waals surface area contributed by atoms with E-state index in [-0.39, 0.29) is 5.54 Å². The minimum atomic E-state index is 0.228.